The zero-order valence-electron chi connectivity index (χ0n) is 11.3. The molecule has 1 N–H and O–H groups in total. The van der Waals surface area contributed by atoms with Crippen molar-refractivity contribution in [3.8, 4) is 11.4 Å². The Hall–Kier alpha value is -2.47. The molecule has 0 aliphatic carbocycles. The number of nitrogens with one attached hydrogen (secondary N) is 1. The van der Waals surface area contributed by atoms with E-state index in [4.69, 9.17) is 4.52 Å². The molecule has 1 amide bonds. The average Bonchev–Trinajstić information content (AvgIpc) is 3.20. The molecule has 6 heteroatoms. The van der Waals surface area contributed by atoms with E-state index in [-0.39, 0.29) is 17.7 Å². The molecule has 0 fully saturated rings. The van der Waals surface area contributed by atoms with E-state index in [2.05, 4.69) is 15.5 Å². The standard InChI is InChI=1S/C15H13N3O2S/c1-10(14-6-4-8-21-14)17-15(19)13-9-12(18-20-13)11-5-2-3-7-16-11/h2-10H,1H3,(H,17,19)/t10-/m1/s1. The van der Waals surface area contributed by atoms with E-state index in [1.54, 1.807) is 23.6 Å². The second-order valence-electron chi connectivity index (χ2n) is 4.50. The lowest BCUT2D eigenvalue weighted by atomic mass is 10.2. The van der Waals surface area contributed by atoms with Crippen molar-refractivity contribution >= 4 is 17.2 Å². The second kappa shape index (κ2) is 5.88. The highest BCUT2D eigenvalue weighted by molar-refractivity contribution is 7.10. The number of amides is 1. The van der Waals surface area contributed by atoms with E-state index < -0.39 is 0 Å². The smallest absolute Gasteiger partial charge is 0.290 e. The number of thiophene rings is 1. The van der Waals surface area contributed by atoms with Crippen LogP contribution in [0, 0.1) is 0 Å². The van der Waals surface area contributed by atoms with Crippen molar-refractivity contribution in [3.05, 3.63) is 58.6 Å². The molecule has 0 unspecified atom stereocenters. The fourth-order valence-electron chi connectivity index (χ4n) is 1.89. The van der Waals surface area contributed by atoms with Crippen molar-refractivity contribution in [2.45, 2.75) is 13.0 Å². The SMILES string of the molecule is C[C@@H](NC(=O)c1cc(-c2ccccn2)no1)c1cccs1. The first-order valence-electron chi connectivity index (χ1n) is 6.46. The van der Waals surface area contributed by atoms with Crippen molar-refractivity contribution in [2.24, 2.45) is 0 Å². The fourth-order valence-corrected chi connectivity index (χ4v) is 2.63. The van der Waals surface area contributed by atoms with Gasteiger partial charge in [-0.1, -0.05) is 17.3 Å². The topological polar surface area (TPSA) is 68.0 Å². The van der Waals surface area contributed by atoms with Crippen LogP contribution in [-0.2, 0) is 0 Å². The van der Waals surface area contributed by atoms with E-state index in [0.29, 0.717) is 11.4 Å². The molecule has 0 radical (unpaired) electrons. The van der Waals surface area contributed by atoms with Crippen molar-refractivity contribution < 1.29 is 9.32 Å². The van der Waals surface area contributed by atoms with E-state index in [9.17, 15) is 4.79 Å². The van der Waals surface area contributed by atoms with Gasteiger partial charge >= 0.3 is 0 Å². The summed E-state index contributed by atoms with van der Waals surface area (Å²) < 4.78 is 5.10. The maximum absolute atomic E-state index is 12.1. The summed E-state index contributed by atoms with van der Waals surface area (Å²) in [5.74, 6) is -0.107. The van der Waals surface area contributed by atoms with Crippen LogP contribution < -0.4 is 5.32 Å². The maximum Gasteiger partial charge on any atom is 0.290 e. The highest BCUT2D eigenvalue weighted by Crippen LogP contribution is 2.20. The molecule has 3 aromatic heterocycles. The molecule has 3 aromatic rings. The minimum Gasteiger partial charge on any atom is -0.350 e. The van der Waals surface area contributed by atoms with Crippen molar-refractivity contribution in [1.29, 1.82) is 0 Å². The van der Waals surface area contributed by atoms with E-state index in [0.717, 1.165) is 4.88 Å². The lowest BCUT2D eigenvalue weighted by molar-refractivity contribution is 0.0903. The minimum atomic E-state index is -0.286. The van der Waals surface area contributed by atoms with Gasteiger partial charge in [-0.2, -0.15) is 0 Å². The first kappa shape index (κ1) is 13.5. The Balaban J connectivity index is 1.73. The van der Waals surface area contributed by atoms with Crippen LogP contribution in [0.25, 0.3) is 11.4 Å². The molecule has 0 spiro atoms. The molecule has 106 valence electrons. The van der Waals surface area contributed by atoms with Crippen LogP contribution in [0.2, 0.25) is 0 Å². The molecule has 5 nitrogen and oxygen atoms in total. The summed E-state index contributed by atoms with van der Waals surface area (Å²) in [6, 6.07) is 11.0. The van der Waals surface area contributed by atoms with Crippen LogP contribution in [0.3, 0.4) is 0 Å². The van der Waals surface area contributed by atoms with Crippen LogP contribution >= 0.6 is 11.3 Å². The van der Waals surface area contributed by atoms with Crippen LogP contribution in [0.15, 0.2) is 52.5 Å². The zero-order valence-corrected chi connectivity index (χ0v) is 12.1. The Bertz CT molecular complexity index is 722. The number of hydrogen-bond acceptors (Lipinski definition) is 5. The largest absolute Gasteiger partial charge is 0.350 e. The highest BCUT2D eigenvalue weighted by atomic mass is 32.1. The lowest BCUT2D eigenvalue weighted by Gasteiger charge is -2.09. The molecule has 3 rings (SSSR count). The van der Waals surface area contributed by atoms with Crippen LogP contribution in [0.5, 0.6) is 0 Å². The molecule has 0 aliphatic rings. The van der Waals surface area contributed by atoms with Crippen LogP contribution in [-0.4, -0.2) is 16.0 Å². The summed E-state index contributed by atoms with van der Waals surface area (Å²) in [5.41, 5.74) is 1.22. The number of carbonyl (C=O) groups excluding carboxylic acids is 1. The highest BCUT2D eigenvalue weighted by Gasteiger charge is 2.17. The Morgan fingerprint density at radius 3 is 2.90 bits per heavy atom. The third-order valence-electron chi connectivity index (χ3n) is 2.98. The first-order chi connectivity index (χ1) is 10.2. The third-order valence-corrected chi connectivity index (χ3v) is 4.03. The van der Waals surface area contributed by atoms with Gasteiger partial charge in [-0.05, 0) is 30.5 Å². The van der Waals surface area contributed by atoms with Crippen molar-refractivity contribution in [2.75, 3.05) is 0 Å². The molecule has 0 saturated carbocycles. The monoisotopic (exact) mass is 299 g/mol. The first-order valence-corrected chi connectivity index (χ1v) is 7.34. The quantitative estimate of drug-likeness (QED) is 0.802. The van der Waals surface area contributed by atoms with Gasteiger partial charge in [0.2, 0.25) is 5.76 Å². The Morgan fingerprint density at radius 1 is 1.29 bits per heavy atom. The molecular weight excluding hydrogens is 286 g/mol. The number of nitrogens with zero attached hydrogens (tertiary/aromatic N) is 2. The predicted molar refractivity (Wildman–Crippen MR) is 79.9 cm³/mol. The number of carbonyl (C=O) groups is 1. The van der Waals surface area contributed by atoms with Gasteiger partial charge < -0.3 is 9.84 Å². The fraction of sp³-hybridized carbons (Fsp3) is 0.133. The van der Waals surface area contributed by atoms with Gasteiger partial charge in [0.1, 0.15) is 5.69 Å². The van der Waals surface area contributed by atoms with Crippen molar-refractivity contribution in [1.82, 2.24) is 15.5 Å². The Morgan fingerprint density at radius 2 is 2.19 bits per heavy atom. The second-order valence-corrected chi connectivity index (χ2v) is 5.48. The molecule has 0 bridgehead atoms. The van der Waals surface area contributed by atoms with Crippen molar-refractivity contribution in [3.63, 3.8) is 0 Å². The summed E-state index contributed by atoms with van der Waals surface area (Å²) in [6.07, 6.45) is 1.67. The molecule has 21 heavy (non-hydrogen) atoms. The van der Waals surface area contributed by atoms with Gasteiger partial charge in [0.15, 0.2) is 0 Å². The summed E-state index contributed by atoms with van der Waals surface area (Å²) in [6.45, 7) is 1.93. The van der Waals surface area contributed by atoms with Crippen LogP contribution in [0.4, 0.5) is 0 Å². The number of hydrogen-bond donors (Lipinski definition) is 1. The minimum absolute atomic E-state index is 0.0686. The Labute approximate surface area is 125 Å². The summed E-state index contributed by atoms with van der Waals surface area (Å²) in [7, 11) is 0. The molecular formula is C15H13N3O2S. The molecule has 0 aliphatic heterocycles. The van der Waals surface area contributed by atoms with Gasteiger partial charge in [0.25, 0.3) is 5.91 Å². The predicted octanol–water partition coefficient (Wildman–Crippen LogP) is 3.29. The van der Waals surface area contributed by atoms with Gasteiger partial charge in [-0.15, -0.1) is 11.3 Å². The lowest BCUT2D eigenvalue weighted by Crippen LogP contribution is -2.25. The van der Waals surface area contributed by atoms with Gasteiger partial charge in [-0.25, -0.2) is 0 Å². The maximum atomic E-state index is 12.1. The summed E-state index contributed by atoms with van der Waals surface area (Å²) in [4.78, 5) is 17.4. The normalized spacial score (nSPS) is 12.0. The average molecular weight is 299 g/mol. The molecule has 0 saturated heterocycles. The van der Waals surface area contributed by atoms with E-state index in [1.807, 2.05) is 42.6 Å². The van der Waals surface area contributed by atoms with Crippen LogP contribution in [0.1, 0.15) is 28.4 Å². The van der Waals surface area contributed by atoms with Gasteiger partial charge in [0.05, 0.1) is 11.7 Å². The zero-order chi connectivity index (χ0) is 14.7. The van der Waals surface area contributed by atoms with Gasteiger partial charge in [0, 0.05) is 17.1 Å². The van der Waals surface area contributed by atoms with Gasteiger partial charge in [-0.3, -0.25) is 9.78 Å². The number of aromatic nitrogens is 2. The summed E-state index contributed by atoms with van der Waals surface area (Å²) in [5, 5.41) is 8.74. The number of rotatable bonds is 4. The third kappa shape index (κ3) is 3.00. The van der Waals surface area contributed by atoms with E-state index >= 15 is 0 Å². The Kier molecular flexibility index (Phi) is 3.79. The van der Waals surface area contributed by atoms with E-state index in [1.165, 1.54) is 0 Å². The molecule has 3 heterocycles. The molecule has 1 atom stereocenters. The summed E-state index contributed by atoms with van der Waals surface area (Å²) >= 11 is 1.60. The number of pyridine rings is 1. The molecule has 0 aromatic carbocycles.